The smallest absolute Gasteiger partial charge is 0.408 e. The van der Waals surface area contributed by atoms with E-state index >= 15 is 0 Å². The first kappa shape index (κ1) is 21.7. The summed E-state index contributed by atoms with van der Waals surface area (Å²) < 4.78 is 10.2. The van der Waals surface area contributed by atoms with Gasteiger partial charge in [0.25, 0.3) is 0 Å². The van der Waals surface area contributed by atoms with Gasteiger partial charge in [-0.15, -0.1) is 0 Å². The van der Waals surface area contributed by atoms with E-state index in [1.54, 1.807) is 33.8 Å². The van der Waals surface area contributed by atoms with Gasteiger partial charge in [0, 0.05) is 18.6 Å². The van der Waals surface area contributed by atoms with Gasteiger partial charge < -0.3 is 19.9 Å². The third-order valence-electron chi connectivity index (χ3n) is 3.52. The Labute approximate surface area is 155 Å². The van der Waals surface area contributed by atoms with Gasteiger partial charge in [-0.3, -0.25) is 0 Å². The number of aliphatic hydroxyl groups is 1. The van der Waals surface area contributed by atoms with Gasteiger partial charge in [0.15, 0.2) is 0 Å². The Balaban J connectivity index is 2.91. The lowest BCUT2D eigenvalue weighted by Crippen LogP contribution is -2.38. The largest absolute Gasteiger partial charge is 0.463 e. The molecule has 0 aliphatic heterocycles. The highest BCUT2D eigenvalue weighted by Gasteiger charge is 2.26. The molecule has 0 saturated carbocycles. The second-order valence-corrected chi connectivity index (χ2v) is 6.87. The molecule has 0 saturated heterocycles. The third kappa shape index (κ3) is 8.16. The fourth-order valence-corrected chi connectivity index (χ4v) is 2.41. The molecule has 1 rings (SSSR count). The summed E-state index contributed by atoms with van der Waals surface area (Å²) >= 11 is 0. The van der Waals surface area contributed by atoms with Crippen LogP contribution in [-0.4, -0.2) is 36.0 Å². The lowest BCUT2D eigenvalue weighted by Gasteiger charge is -2.28. The fraction of sp³-hybridized carbons (Fsp3) is 0.500. The summed E-state index contributed by atoms with van der Waals surface area (Å²) in [6.45, 7) is 7.24. The lowest BCUT2D eigenvalue weighted by atomic mass is 9.91. The Kier molecular flexibility index (Phi) is 8.85. The number of rotatable bonds is 8. The number of allylic oxidation sites excluding steroid dienone is 1. The van der Waals surface area contributed by atoms with E-state index in [0.717, 1.165) is 5.56 Å². The SMILES string of the molecule is CCOC(=O)/C=C/C[C@H](CO)[C@H](NC(=O)OC(C)(C)C)c1ccccc1. The zero-order valence-corrected chi connectivity index (χ0v) is 15.9. The summed E-state index contributed by atoms with van der Waals surface area (Å²) in [5.41, 5.74) is 0.228. The van der Waals surface area contributed by atoms with Gasteiger partial charge in [-0.1, -0.05) is 36.4 Å². The van der Waals surface area contributed by atoms with Crippen molar-refractivity contribution < 1.29 is 24.2 Å². The first-order valence-electron chi connectivity index (χ1n) is 8.75. The zero-order valence-electron chi connectivity index (χ0n) is 15.9. The van der Waals surface area contributed by atoms with Crippen molar-refractivity contribution in [1.29, 1.82) is 0 Å². The predicted molar refractivity (Wildman–Crippen MR) is 99.5 cm³/mol. The molecule has 0 heterocycles. The second kappa shape index (κ2) is 10.6. The number of ether oxygens (including phenoxy) is 2. The van der Waals surface area contributed by atoms with Crippen LogP contribution in [0.2, 0.25) is 0 Å². The van der Waals surface area contributed by atoms with Crippen LogP contribution in [0.15, 0.2) is 42.5 Å². The molecule has 0 bridgehead atoms. The molecule has 0 radical (unpaired) electrons. The fourth-order valence-electron chi connectivity index (χ4n) is 2.41. The molecular weight excluding hydrogens is 334 g/mol. The number of hydrogen-bond donors (Lipinski definition) is 2. The quantitative estimate of drug-likeness (QED) is 0.546. The molecule has 0 fully saturated rings. The average Bonchev–Trinajstić information content (AvgIpc) is 2.56. The highest BCUT2D eigenvalue weighted by Crippen LogP contribution is 2.25. The van der Waals surface area contributed by atoms with Crippen molar-refractivity contribution >= 4 is 12.1 Å². The molecule has 1 amide bonds. The predicted octanol–water partition coefficient (Wildman–Crippen LogP) is 3.37. The van der Waals surface area contributed by atoms with E-state index in [2.05, 4.69) is 5.32 Å². The molecule has 0 aliphatic carbocycles. The minimum atomic E-state index is -0.621. The number of aliphatic hydroxyl groups excluding tert-OH is 1. The van der Waals surface area contributed by atoms with Gasteiger partial charge >= 0.3 is 12.1 Å². The van der Waals surface area contributed by atoms with Crippen molar-refractivity contribution in [2.24, 2.45) is 5.92 Å². The van der Waals surface area contributed by atoms with E-state index in [4.69, 9.17) is 9.47 Å². The Morgan fingerprint density at radius 3 is 2.42 bits per heavy atom. The molecular formula is C20H29NO5. The van der Waals surface area contributed by atoms with Gasteiger partial charge in [-0.25, -0.2) is 9.59 Å². The lowest BCUT2D eigenvalue weighted by molar-refractivity contribution is -0.137. The van der Waals surface area contributed by atoms with Crippen LogP contribution in [0.1, 0.15) is 45.7 Å². The normalized spacial score (nSPS) is 13.9. The van der Waals surface area contributed by atoms with Crippen LogP contribution in [0.3, 0.4) is 0 Å². The van der Waals surface area contributed by atoms with Crippen LogP contribution in [0.25, 0.3) is 0 Å². The van der Waals surface area contributed by atoms with Crippen LogP contribution < -0.4 is 5.32 Å². The summed E-state index contributed by atoms with van der Waals surface area (Å²) in [5, 5.41) is 12.7. The van der Waals surface area contributed by atoms with Crippen LogP contribution in [-0.2, 0) is 14.3 Å². The van der Waals surface area contributed by atoms with E-state index in [0.29, 0.717) is 13.0 Å². The molecule has 26 heavy (non-hydrogen) atoms. The number of amides is 1. The molecule has 2 atom stereocenters. The van der Waals surface area contributed by atoms with Gasteiger partial charge in [0.2, 0.25) is 0 Å². The van der Waals surface area contributed by atoms with Crippen molar-refractivity contribution in [1.82, 2.24) is 5.32 Å². The molecule has 6 heteroatoms. The molecule has 0 spiro atoms. The summed E-state index contributed by atoms with van der Waals surface area (Å²) in [6, 6.07) is 8.90. The van der Waals surface area contributed by atoms with E-state index in [1.165, 1.54) is 6.08 Å². The summed E-state index contributed by atoms with van der Waals surface area (Å²) in [5.74, 6) is -0.754. The molecule has 1 aromatic rings. The molecule has 0 aromatic heterocycles. The summed E-state index contributed by atoms with van der Waals surface area (Å²) in [6.07, 6.45) is 2.82. The Bertz CT molecular complexity index is 592. The minimum Gasteiger partial charge on any atom is -0.463 e. The van der Waals surface area contributed by atoms with Crippen molar-refractivity contribution in [3.05, 3.63) is 48.0 Å². The average molecular weight is 363 g/mol. The van der Waals surface area contributed by atoms with Gasteiger partial charge in [-0.2, -0.15) is 0 Å². The molecule has 0 unspecified atom stereocenters. The van der Waals surface area contributed by atoms with Crippen LogP contribution in [0.5, 0.6) is 0 Å². The number of nitrogens with one attached hydrogen (secondary N) is 1. The molecule has 6 nitrogen and oxygen atoms in total. The minimum absolute atomic E-state index is 0.164. The first-order chi connectivity index (χ1) is 12.3. The first-order valence-corrected chi connectivity index (χ1v) is 8.75. The maximum absolute atomic E-state index is 12.2. The summed E-state index contributed by atoms with van der Waals surface area (Å²) in [7, 11) is 0. The highest BCUT2D eigenvalue weighted by atomic mass is 16.6. The van der Waals surface area contributed by atoms with E-state index in [-0.39, 0.29) is 12.5 Å². The van der Waals surface area contributed by atoms with E-state index in [9.17, 15) is 14.7 Å². The van der Waals surface area contributed by atoms with Crippen LogP contribution >= 0.6 is 0 Å². The monoisotopic (exact) mass is 363 g/mol. The van der Waals surface area contributed by atoms with Crippen molar-refractivity contribution in [2.45, 2.75) is 45.8 Å². The zero-order chi connectivity index (χ0) is 19.6. The third-order valence-corrected chi connectivity index (χ3v) is 3.52. The number of hydrogen-bond acceptors (Lipinski definition) is 5. The molecule has 1 aromatic carbocycles. The molecule has 2 N–H and O–H groups in total. The number of carbonyl (C=O) groups excluding carboxylic acids is 2. The Morgan fingerprint density at radius 1 is 1.23 bits per heavy atom. The maximum atomic E-state index is 12.2. The molecule has 144 valence electrons. The van der Waals surface area contributed by atoms with Gasteiger partial charge in [0.05, 0.1) is 12.6 Å². The van der Waals surface area contributed by atoms with E-state index < -0.39 is 23.7 Å². The highest BCUT2D eigenvalue weighted by molar-refractivity contribution is 5.81. The number of alkyl carbamates (subject to hydrolysis) is 1. The summed E-state index contributed by atoms with van der Waals surface area (Å²) in [4.78, 5) is 23.6. The van der Waals surface area contributed by atoms with E-state index in [1.807, 2.05) is 30.3 Å². The van der Waals surface area contributed by atoms with Crippen LogP contribution in [0.4, 0.5) is 4.79 Å². The number of carbonyl (C=O) groups is 2. The number of benzene rings is 1. The molecule has 0 aliphatic rings. The number of esters is 1. The van der Waals surface area contributed by atoms with Gasteiger partial charge in [0.1, 0.15) is 5.60 Å². The second-order valence-electron chi connectivity index (χ2n) is 6.87. The Morgan fingerprint density at radius 2 is 1.88 bits per heavy atom. The van der Waals surface area contributed by atoms with Crippen LogP contribution in [0, 0.1) is 5.92 Å². The topological polar surface area (TPSA) is 84.9 Å². The van der Waals surface area contributed by atoms with Gasteiger partial charge in [-0.05, 0) is 39.7 Å². The standard InChI is InChI=1S/C20H29NO5/c1-5-25-17(23)13-9-12-16(14-22)18(15-10-7-6-8-11-15)21-19(24)26-20(2,3)4/h6-11,13,16,18,22H,5,12,14H2,1-4H3,(H,21,24)/b13-9+/t16-,18-/m1/s1. The maximum Gasteiger partial charge on any atom is 0.408 e. The van der Waals surface area contributed by atoms with Crippen molar-refractivity contribution in [3.8, 4) is 0 Å². The van der Waals surface area contributed by atoms with Crippen molar-refractivity contribution in [2.75, 3.05) is 13.2 Å². The van der Waals surface area contributed by atoms with Crippen molar-refractivity contribution in [3.63, 3.8) is 0 Å². The Hall–Kier alpha value is -2.34.